The first-order valence-electron chi connectivity index (χ1n) is 7.01. The fourth-order valence-electron chi connectivity index (χ4n) is 1.61. The Morgan fingerprint density at radius 3 is 2.86 bits per heavy atom. The average Bonchev–Trinajstić information content (AvgIpc) is 2.45. The first-order chi connectivity index (χ1) is 10.1. The summed E-state index contributed by atoms with van der Waals surface area (Å²) in [5.41, 5.74) is 2.41. The minimum atomic E-state index is -0.328. The van der Waals surface area contributed by atoms with E-state index in [0.717, 1.165) is 12.8 Å². The molecule has 0 fully saturated rings. The van der Waals surface area contributed by atoms with Crippen LogP contribution in [0.2, 0.25) is 10.0 Å². The number of nitrogens with zero attached hydrogens (tertiary/aromatic N) is 1. The van der Waals surface area contributed by atoms with Gasteiger partial charge >= 0.3 is 0 Å². The second kappa shape index (κ2) is 10.5. The van der Waals surface area contributed by atoms with Gasteiger partial charge in [-0.05, 0) is 31.0 Å². The number of carbonyl (C=O) groups is 1. The Morgan fingerprint density at radius 2 is 2.14 bits per heavy atom. The van der Waals surface area contributed by atoms with Gasteiger partial charge in [0.25, 0.3) is 5.91 Å². The van der Waals surface area contributed by atoms with Gasteiger partial charge in [-0.15, -0.1) is 0 Å². The molecule has 4 nitrogen and oxygen atoms in total. The number of benzene rings is 1. The molecule has 0 unspecified atom stereocenters. The van der Waals surface area contributed by atoms with Gasteiger partial charge in [0.05, 0.1) is 5.02 Å². The summed E-state index contributed by atoms with van der Waals surface area (Å²) in [7, 11) is 0. The molecule has 0 saturated heterocycles. The molecule has 0 bridgehead atoms. The maximum absolute atomic E-state index is 11.5. The van der Waals surface area contributed by atoms with E-state index in [1.165, 1.54) is 19.3 Å². The molecular formula is C15H20Cl2N2O2. The molecule has 1 aromatic rings. The molecular weight excluding hydrogens is 311 g/mol. The normalized spacial score (nSPS) is 10.8. The van der Waals surface area contributed by atoms with Gasteiger partial charge in [-0.2, -0.15) is 5.10 Å². The molecule has 1 rings (SSSR count). The van der Waals surface area contributed by atoms with E-state index in [0.29, 0.717) is 15.8 Å². The lowest BCUT2D eigenvalue weighted by atomic mass is 10.2. The van der Waals surface area contributed by atoms with Crippen LogP contribution >= 0.6 is 23.2 Å². The van der Waals surface area contributed by atoms with Crippen molar-refractivity contribution in [3.8, 4) is 5.75 Å². The third-order valence-corrected chi connectivity index (χ3v) is 3.25. The fourth-order valence-corrected chi connectivity index (χ4v) is 2.08. The molecule has 0 spiro atoms. The van der Waals surface area contributed by atoms with Crippen LogP contribution < -0.4 is 10.2 Å². The van der Waals surface area contributed by atoms with Crippen LogP contribution in [-0.2, 0) is 4.79 Å². The molecule has 6 heteroatoms. The summed E-state index contributed by atoms with van der Waals surface area (Å²) in [4.78, 5) is 11.5. The second-order valence-corrected chi connectivity index (χ2v) is 5.40. The van der Waals surface area contributed by atoms with Crippen molar-refractivity contribution >= 4 is 35.3 Å². The Kier molecular flexibility index (Phi) is 8.87. The number of hydrogen-bond acceptors (Lipinski definition) is 3. The van der Waals surface area contributed by atoms with Crippen molar-refractivity contribution in [3.05, 3.63) is 28.2 Å². The number of halogens is 2. The molecule has 1 amide bonds. The molecule has 21 heavy (non-hydrogen) atoms. The van der Waals surface area contributed by atoms with Crippen molar-refractivity contribution < 1.29 is 9.53 Å². The van der Waals surface area contributed by atoms with Crippen LogP contribution in [0.5, 0.6) is 5.75 Å². The van der Waals surface area contributed by atoms with Crippen LogP contribution in [0.1, 0.15) is 39.0 Å². The Bertz CT molecular complexity index is 479. The maximum atomic E-state index is 11.5. The third-order valence-electron chi connectivity index (χ3n) is 2.72. The molecule has 0 radical (unpaired) electrons. The van der Waals surface area contributed by atoms with Gasteiger partial charge in [0.2, 0.25) is 0 Å². The summed E-state index contributed by atoms with van der Waals surface area (Å²) in [6, 6.07) is 4.83. The number of amides is 1. The molecule has 116 valence electrons. The summed E-state index contributed by atoms with van der Waals surface area (Å²) < 4.78 is 5.29. The third kappa shape index (κ3) is 7.93. The van der Waals surface area contributed by atoms with Gasteiger partial charge in [0.15, 0.2) is 6.61 Å². The molecule has 0 aliphatic rings. The Labute approximate surface area is 135 Å². The quantitative estimate of drug-likeness (QED) is 0.413. The molecule has 0 saturated carbocycles. The van der Waals surface area contributed by atoms with E-state index in [4.69, 9.17) is 27.9 Å². The van der Waals surface area contributed by atoms with Crippen molar-refractivity contribution in [1.82, 2.24) is 5.43 Å². The highest BCUT2D eigenvalue weighted by Gasteiger charge is 2.05. The Morgan fingerprint density at radius 1 is 1.33 bits per heavy atom. The zero-order valence-corrected chi connectivity index (χ0v) is 13.6. The minimum Gasteiger partial charge on any atom is -0.482 e. The highest BCUT2D eigenvalue weighted by atomic mass is 35.5. The second-order valence-electron chi connectivity index (χ2n) is 4.56. The number of hydrogen-bond donors (Lipinski definition) is 1. The van der Waals surface area contributed by atoms with E-state index in [9.17, 15) is 4.79 Å². The fraction of sp³-hybridized carbons (Fsp3) is 0.467. The summed E-state index contributed by atoms with van der Waals surface area (Å²) in [6.07, 6.45) is 7.29. The van der Waals surface area contributed by atoms with Crippen LogP contribution in [0.3, 0.4) is 0 Å². The molecule has 0 aliphatic carbocycles. The molecule has 0 heterocycles. The van der Waals surface area contributed by atoms with E-state index in [2.05, 4.69) is 17.5 Å². The number of nitrogens with one attached hydrogen (secondary N) is 1. The van der Waals surface area contributed by atoms with Gasteiger partial charge in [0, 0.05) is 11.2 Å². The van der Waals surface area contributed by atoms with Crippen molar-refractivity contribution in [2.24, 2.45) is 5.10 Å². The minimum absolute atomic E-state index is 0.144. The number of unbranched alkanes of at least 4 members (excludes halogenated alkanes) is 4. The van der Waals surface area contributed by atoms with Crippen LogP contribution in [0.25, 0.3) is 0 Å². The van der Waals surface area contributed by atoms with Crippen LogP contribution in [0.15, 0.2) is 23.3 Å². The van der Waals surface area contributed by atoms with E-state index >= 15 is 0 Å². The van der Waals surface area contributed by atoms with E-state index < -0.39 is 0 Å². The van der Waals surface area contributed by atoms with Crippen molar-refractivity contribution in [1.29, 1.82) is 0 Å². The SMILES string of the molecule is CCCCCC/C=N/NC(=O)COc1ccc(Cl)cc1Cl. The largest absolute Gasteiger partial charge is 0.482 e. The van der Waals surface area contributed by atoms with Crippen LogP contribution in [-0.4, -0.2) is 18.7 Å². The van der Waals surface area contributed by atoms with Crippen LogP contribution in [0.4, 0.5) is 0 Å². The first-order valence-corrected chi connectivity index (χ1v) is 7.77. The zero-order valence-electron chi connectivity index (χ0n) is 12.1. The molecule has 1 N–H and O–H groups in total. The van der Waals surface area contributed by atoms with Crippen molar-refractivity contribution in [2.75, 3.05) is 6.61 Å². The number of carbonyl (C=O) groups excluding carboxylic acids is 1. The number of ether oxygens (including phenoxy) is 1. The highest BCUT2D eigenvalue weighted by Crippen LogP contribution is 2.27. The van der Waals surface area contributed by atoms with Gasteiger partial charge in [-0.1, -0.05) is 49.4 Å². The summed E-state index contributed by atoms with van der Waals surface area (Å²) in [6.45, 7) is 2.02. The van der Waals surface area contributed by atoms with Gasteiger partial charge in [-0.25, -0.2) is 5.43 Å². The van der Waals surface area contributed by atoms with Gasteiger partial charge < -0.3 is 4.74 Å². The zero-order chi connectivity index (χ0) is 15.5. The number of hydrazone groups is 1. The summed E-state index contributed by atoms with van der Waals surface area (Å²) in [5.74, 6) is 0.0885. The molecule has 1 aromatic carbocycles. The lowest BCUT2D eigenvalue weighted by molar-refractivity contribution is -0.123. The Balaban J connectivity index is 2.20. The van der Waals surface area contributed by atoms with E-state index in [-0.39, 0.29) is 12.5 Å². The lowest BCUT2D eigenvalue weighted by Gasteiger charge is -2.06. The van der Waals surface area contributed by atoms with Crippen molar-refractivity contribution in [2.45, 2.75) is 39.0 Å². The monoisotopic (exact) mass is 330 g/mol. The van der Waals surface area contributed by atoms with E-state index in [1.54, 1.807) is 24.4 Å². The molecule has 0 aromatic heterocycles. The smallest absolute Gasteiger partial charge is 0.277 e. The van der Waals surface area contributed by atoms with Gasteiger partial charge in [0.1, 0.15) is 5.75 Å². The summed E-state index contributed by atoms with van der Waals surface area (Å²) >= 11 is 11.7. The average molecular weight is 331 g/mol. The van der Waals surface area contributed by atoms with Gasteiger partial charge in [-0.3, -0.25) is 4.79 Å². The van der Waals surface area contributed by atoms with E-state index in [1.807, 2.05) is 0 Å². The summed E-state index contributed by atoms with van der Waals surface area (Å²) in [5, 5.41) is 4.75. The number of rotatable bonds is 9. The Hall–Kier alpha value is -1.26. The predicted molar refractivity (Wildman–Crippen MR) is 87.4 cm³/mol. The molecule has 0 atom stereocenters. The van der Waals surface area contributed by atoms with Crippen molar-refractivity contribution in [3.63, 3.8) is 0 Å². The first kappa shape index (κ1) is 17.8. The maximum Gasteiger partial charge on any atom is 0.277 e. The van der Waals surface area contributed by atoms with Crippen LogP contribution in [0, 0.1) is 0 Å². The topological polar surface area (TPSA) is 50.7 Å². The predicted octanol–water partition coefficient (Wildman–Crippen LogP) is 4.44. The molecule has 0 aliphatic heterocycles. The highest BCUT2D eigenvalue weighted by molar-refractivity contribution is 6.35. The lowest BCUT2D eigenvalue weighted by Crippen LogP contribution is -2.24. The standard InChI is InChI=1S/C15H20Cl2N2O2/c1-2-3-4-5-6-9-18-19-15(20)11-21-14-8-7-12(16)10-13(14)17/h7-10H,2-6,11H2,1H3,(H,19,20)/b18-9+.